The highest BCUT2D eigenvalue weighted by atomic mass is 35.5. The first-order valence-electron chi connectivity index (χ1n) is 7.37. The minimum atomic E-state index is -0.630. The highest BCUT2D eigenvalue weighted by Gasteiger charge is 2.14. The van der Waals surface area contributed by atoms with Crippen LogP contribution in [0.25, 0.3) is 0 Å². The lowest BCUT2D eigenvalue weighted by molar-refractivity contribution is -0.141. The second kappa shape index (κ2) is 34.0. The number of aliphatic hydroxyl groups is 2. The van der Waals surface area contributed by atoms with Crippen molar-refractivity contribution in [1.29, 1.82) is 0 Å². The summed E-state index contributed by atoms with van der Waals surface area (Å²) in [6.45, 7) is 3.50. The van der Waals surface area contributed by atoms with E-state index >= 15 is 0 Å². The van der Waals surface area contributed by atoms with E-state index in [0.29, 0.717) is 12.9 Å². The Morgan fingerprint density at radius 1 is 1.00 bits per heavy atom. The predicted octanol–water partition coefficient (Wildman–Crippen LogP) is -2.84. The zero-order valence-corrected chi connectivity index (χ0v) is 17.3. The fourth-order valence-corrected chi connectivity index (χ4v) is 0.566. The summed E-state index contributed by atoms with van der Waals surface area (Å²) in [5.41, 5.74) is 0. The Labute approximate surface area is 184 Å². The molecule has 8 nitrogen and oxygen atoms in total. The zero-order valence-electron chi connectivity index (χ0n) is 15.8. The lowest BCUT2D eigenvalue weighted by Gasteiger charge is -2.13. The molecule has 2 atom stereocenters. The summed E-state index contributed by atoms with van der Waals surface area (Å²) in [5.74, 6) is 0. The van der Waals surface area contributed by atoms with Gasteiger partial charge in [-0.15, -0.1) is 23.2 Å². The molecule has 0 aromatic heterocycles. The Hall–Kier alpha value is -0.571. The molecule has 10 radical (unpaired) electrons. The van der Waals surface area contributed by atoms with E-state index in [1.165, 1.54) is 6.92 Å². The first-order valence-corrected chi connectivity index (χ1v) is 8.44. The molecule has 28 heavy (non-hydrogen) atoms. The summed E-state index contributed by atoms with van der Waals surface area (Å²) >= 11 is 9.53. The molecule has 146 valence electrons. The van der Waals surface area contributed by atoms with Gasteiger partial charge in [0.25, 0.3) is 19.4 Å². The van der Waals surface area contributed by atoms with Crippen molar-refractivity contribution >= 4 is 100 Å². The summed E-state index contributed by atoms with van der Waals surface area (Å²) in [4.78, 5) is 27.5. The van der Waals surface area contributed by atoms with Crippen LogP contribution in [0.2, 0.25) is 0 Å². The van der Waals surface area contributed by atoms with E-state index < -0.39 is 25.3 Å². The molecule has 0 heterocycles. The standard InChI is InChI=1S/C5H8O4.C3H8O2.CH2Cl2.CH2O2.B8/c1-5(9-4-7)2-8-3-6;1-3(5)2-4;2*2-1-3;1-6(2)8(5)7(3)4/h3-5H,2H2,1H3;3-5H,2H2,1H3;1H2;1H,(H,2,3);. The van der Waals surface area contributed by atoms with Gasteiger partial charge in [-0.2, -0.15) is 0 Å². The molecule has 0 bridgehead atoms. The molecule has 0 amide bonds. The fraction of sp³-hybridized carbons (Fsp3) is 0.700. The lowest BCUT2D eigenvalue weighted by Crippen LogP contribution is -2.52. The van der Waals surface area contributed by atoms with E-state index in [1.54, 1.807) is 6.92 Å². The molecular formula is C10H20B8Cl2O8. The summed E-state index contributed by atoms with van der Waals surface area (Å²) in [6.07, 6.45) is -2.69. The van der Waals surface area contributed by atoms with E-state index in [9.17, 15) is 9.59 Å². The number of aliphatic hydroxyl groups excluding tert-OH is 2. The number of alkyl halides is 2. The molecule has 0 aliphatic heterocycles. The Kier molecular flexibility index (Phi) is 46.2. The topological polar surface area (TPSA) is 130 Å². The zero-order chi connectivity index (χ0) is 23.5. The fourth-order valence-electron chi connectivity index (χ4n) is 0.566. The molecule has 2 unspecified atom stereocenters. The quantitative estimate of drug-likeness (QED) is 0.215. The molecule has 0 aliphatic carbocycles. The second-order valence-corrected chi connectivity index (χ2v) is 5.25. The number of carbonyl (C=O) groups excluding carboxylic acids is 2. The van der Waals surface area contributed by atoms with Gasteiger partial charge in [0.05, 0.1) is 18.1 Å². The van der Waals surface area contributed by atoms with Crippen LogP contribution in [0.1, 0.15) is 13.8 Å². The third-order valence-corrected chi connectivity index (χ3v) is 1.84. The van der Waals surface area contributed by atoms with Crippen LogP contribution in [0.5, 0.6) is 0 Å². The van der Waals surface area contributed by atoms with Crippen LogP contribution in [0.4, 0.5) is 0 Å². The minimum absolute atomic E-state index is 0.113. The van der Waals surface area contributed by atoms with Gasteiger partial charge < -0.3 is 24.8 Å². The van der Waals surface area contributed by atoms with Crippen molar-refractivity contribution < 1.29 is 39.2 Å². The molecule has 0 fully saturated rings. The van der Waals surface area contributed by atoms with Gasteiger partial charge in [-0.05, 0) is 13.8 Å². The third kappa shape index (κ3) is 56.2. The van der Waals surface area contributed by atoms with Gasteiger partial charge >= 0.3 is 0 Å². The van der Waals surface area contributed by atoms with Crippen LogP contribution >= 0.6 is 23.2 Å². The van der Waals surface area contributed by atoms with E-state index in [-0.39, 0.29) is 31.1 Å². The SMILES string of the molecule is CC(COC=O)OC=O.CC(O)CO.ClCCl.O=CO.[B]B([B])B([B])B([B])[B]. The van der Waals surface area contributed by atoms with Gasteiger partial charge in [0.2, 0.25) is 0 Å². The number of carboxylic acid groups (broad SMARTS) is 1. The lowest BCUT2D eigenvalue weighted by atomic mass is 8.68. The normalized spacial score (nSPS) is 9.79. The molecule has 0 spiro atoms. The van der Waals surface area contributed by atoms with Gasteiger partial charge in [0.1, 0.15) is 12.7 Å². The molecule has 0 aromatic carbocycles. The molecule has 18 heteroatoms. The smallest absolute Gasteiger partial charge is 0.293 e. The van der Waals surface area contributed by atoms with Crippen molar-refractivity contribution in [3.8, 4) is 0 Å². The van der Waals surface area contributed by atoms with Crippen molar-refractivity contribution in [2.24, 2.45) is 0 Å². The number of hydrogen-bond acceptors (Lipinski definition) is 7. The average Bonchev–Trinajstić information content (AvgIpc) is 2.61. The monoisotopic (exact) mass is 426 g/mol. The summed E-state index contributed by atoms with van der Waals surface area (Å²) in [6, 6.07) is 0. The molecular weight excluding hydrogens is 406 g/mol. The van der Waals surface area contributed by atoms with Gasteiger partial charge in [0.15, 0.2) is 0 Å². The Bertz CT molecular complexity index is 313. The van der Waals surface area contributed by atoms with E-state index in [4.69, 9.17) is 82.0 Å². The highest BCUT2D eigenvalue weighted by molar-refractivity contribution is 7.89. The van der Waals surface area contributed by atoms with Gasteiger partial charge in [-0.1, -0.05) is 0 Å². The maximum atomic E-state index is 9.61. The van der Waals surface area contributed by atoms with E-state index in [2.05, 4.69) is 9.47 Å². The summed E-state index contributed by atoms with van der Waals surface area (Å²) < 4.78 is 8.66. The van der Waals surface area contributed by atoms with E-state index in [1.807, 2.05) is 0 Å². The maximum Gasteiger partial charge on any atom is 0.293 e. The van der Waals surface area contributed by atoms with Gasteiger partial charge in [-0.25, -0.2) is 0 Å². The Morgan fingerprint density at radius 3 is 1.46 bits per heavy atom. The summed E-state index contributed by atoms with van der Waals surface area (Å²) in [5, 5.41) is 23.1. The first kappa shape index (κ1) is 38.1. The third-order valence-electron chi connectivity index (χ3n) is 1.84. The Morgan fingerprint density at radius 2 is 1.32 bits per heavy atom. The van der Waals surface area contributed by atoms with Crippen molar-refractivity contribution in [3.63, 3.8) is 0 Å². The second-order valence-electron chi connectivity index (χ2n) is 4.44. The number of rotatable bonds is 8. The van der Waals surface area contributed by atoms with Gasteiger partial charge in [-0.3, -0.25) is 14.4 Å². The van der Waals surface area contributed by atoms with Crippen LogP contribution in [0, 0.1) is 0 Å². The maximum absolute atomic E-state index is 9.61. The molecule has 0 aliphatic rings. The van der Waals surface area contributed by atoms with Crippen LogP contribution in [0.15, 0.2) is 0 Å². The van der Waals surface area contributed by atoms with Crippen molar-refractivity contribution in [2.45, 2.75) is 26.1 Å². The van der Waals surface area contributed by atoms with Crippen LogP contribution in [-0.4, -0.2) is 123 Å². The number of hydrogen-bond donors (Lipinski definition) is 3. The predicted molar refractivity (Wildman–Crippen MR) is 119 cm³/mol. The molecule has 3 N–H and O–H groups in total. The number of carbonyl (C=O) groups is 3. The molecule has 0 rings (SSSR count). The van der Waals surface area contributed by atoms with Crippen molar-refractivity contribution in [3.05, 3.63) is 0 Å². The minimum Gasteiger partial charge on any atom is -0.483 e. The molecule has 0 saturated carbocycles. The Balaban J connectivity index is -0.0000000847. The molecule has 0 aromatic rings. The van der Waals surface area contributed by atoms with Crippen LogP contribution in [0.3, 0.4) is 0 Å². The number of halogens is 2. The highest BCUT2D eigenvalue weighted by Crippen LogP contribution is 1.86. The number of ether oxygens (including phenoxy) is 2. The van der Waals surface area contributed by atoms with Crippen molar-refractivity contribution in [2.75, 3.05) is 18.6 Å². The van der Waals surface area contributed by atoms with Crippen LogP contribution < -0.4 is 0 Å². The average molecular weight is 426 g/mol. The summed E-state index contributed by atoms with van der Waals surface area (Å²) in [7, 11) is 25.8. The largest absolute Gasteiger partial charge is 0.483 e. The molecule has 0 saturated heterocycles. The van der Waals surface area contributed by atoms with E-state index in [0.717, 1.165) is 0 Å². The van der Waals surface area contributed by atoms with Gasteiger partial charge in [0, 0.05) is 57.8 Å². The van der Waals surface area contributed by atoms with Crippen LogP contribution in [-0.2, 0) is 23.9 Å². The first-order chi connectivity index (χ1) is 13.0. The van der Waals surface area contributed by atoms with Crippen molar-refractivity contribution in [1.82, 2.24) is 0 Å².